The van der Waals surface area contributed by atoms with E-state index in [0.717, 1.165) is 89.9 Å². The van der Waals surface area contributed by atoms with Gasteiger partial charge in [0.05, 0.1) is 6.61 Å². The van der Waals surface area contributed by atoms with E-state index in [9.17, 15) is 34.5 Å². The molecule has 12 heteroatoms. The average molecular weight is 1180 g/mol. The van der Waals surface area contributed by atoms with E-state index < -0.39 is 67.3 Å². The number of esters is 3. The highest BCUT2D eigenvalue weighted by Gasteiger charge is 2.50. The summed E-state index contributed by atoms with van der Waals surface area (Å²) in [6.45, 7) is 5.69. The number of hydrogen-bond acceptors (Lipinski definition) is 11. The number of aliphatic carboxylic acids is 1. The first-order valence-corrected chi connectivity index (χ1v) is 32.8. The van der Waals surface area contributed by atoms with Crippen LogP contribution < -0.4 is 0 Å². The molecule has 0 aliphatic carbocycles. The standard InChI is InChI=1S/C73H114O12/c1-4-7-10-13-16-19-22-25-28-31-33-36-38-41-44-47-50-53-56-59-65(74)81-62-64(83-66(75)60-57-54-51-48-45-42-39-35-30-27-24-21-18-15-12-9-6-3)63-82-73-71(69(78)68(77)70(85-73)72(79)80)84-67(76)61-58-55-52-49-46-43-40-37-34-32-29-26-23-20-17-14-11-8-5-2/h7-8,10-11,16-17,19-20,25-26,28-29,33-34,36-37,41,43-44,46,50,52-53,55,64,68-71,73,77-78H,4-6,9,12-15,18,21-24,27,30-32,35,38-40,42,45,47-49,51,54,56-63H2,1-3H3,(H,79,80)/b10-7-,11-8-,19-16-,20-17-,28-25-,29-26-,36-33-,37-34-,44-41-,46-43-,53-50-,55-52-. The number of allylic oxidation sites excluding steroid dienone is 24. The van der Waals surface area contributed by atoms with Crippen molar-refractivity contribution in [1.29, 1.82) is 0 Å². The number of aliphatic hydroxyl groups is 2. The SMILES string of the molecule is CC/C=C\C/C=C\C/C=C\C/C=C\C/C=C\C/C=C\CCC(=O)OCC(COC1OC(C(=O)O)C(O)C(O)C1OC(=O)CC/C=C\C/C=C\C/C=C\C/C=C\C/C=C\C/C=C\CC)OC(=O)CCCCCCCCCCCCCCCCCCC. The molecule has 0 aromatic rings. The summed E-state index contributed by atoms with van der Waals surface area (Å²) in [5.74, 6) is -3.35. The number of rotatable bonds is 54. The zero-order valence-corrected chi connectivity index (χ0v) is 52.8. The lowest BCUT2D eigenvalue weighted by Crippen LogP contribution is -2.61. The summed E-state index contributed by atoms with van der Waals surface area (Å²) in [7, 11) is 0. The van der Waals surface area contributed by atoms with Gasteiger partial charge >= 0.3 is 23.9 Å². The fourth-order valence-corrected chi connectivity index (χ4v) is 9.01. The zero-order valence-electron chi connectivity index (χ0n) is 52.8. The zero-order chi connectivity index (χ0) is 61.7. The van der Waals surface area contributed by atoms with Gasteiger partial charge in [-0.1, -0.05) is 269 Å². The molecule has 0 bridgehead atoms. The molecule has 1 aliphatic heterocycles. The van der Waals surface area contributed by atoms with E-state index >= 15 is 0 Å². The molecule has 12 nitrogen and oxygen atoms in total. The van der Waals surface area contributed by atoms with Crippen molar-refractivity contribution < 1.29 is 58.2 Å². The third-order valence-electron chi connectivity index (χ3n) is 13.9. The Hall–Kier alpha value is -5.40. The van der Waals surface area contributed by atoms with Gasteiger partial charge in [-0.3, -0.25) is 14.4 Å². The van der Waals surface area contributed by atoms with Gasteiger partial charge in [0.1, 0.15) is 18.8 Å². The van der Waals surface area contributed by atoms with Gasteiger partial charge in [-0.2, -0.15) is 0 Å². The maximum atomic E-state index is 13.2. The first-order chi connectivity index (χ1) is 41.6. The molecule has 1 aliphatic rings. The van der Waals surface area contributed by atoms with Crippen LogP contribution >= 0.6 is 0 Å². The molecule has 6 unspecified atom stereocenters. The third kappa shape index (κ3) is 48.4. The minimum atomic E-state index is -1.95. The monoisotopic (exact) mass is 1180 g/mol. The van der Waals surface area contributed by atoms with Crippen molar-refractivity contribution >= 4 is 23.9 Å². The lowest BCUT2D eigenvalue weighted by Gasteiger charge is -2.40. The third-order valence-corrected chi connectivity index (χ3v) is 13.9. The van der Waals surface area contributed by atoms with E-state index in [2.05, 4.69) is 136 Å². The summed E-state index contributed by atoms with van der Waals surface area (Å²) in [5.41, 5.74) is 0. The van der Waals surface area contributed by atoms with Gasteiger partial charge in [0.25, 0.3) is 0 Å². The van der Waals surface area contributed by atoms with Crippen molar-refractivity contribution in [2.45, 2.75) is 276 Å². The van der Waals surface area contributed by atoms with Gasteiger partial charge in [-0.15, -0.1) is 0 Å². The summed E-state index contributed by atoms with van der Waals surface area (Å²) in [5, 5.41) is 31.6. The van der Waals surface area contributed by atoms with Crippen molar-refractivity contribution in [3.8, 4) is 0 Å². The van der Waals surface area contributed by atoms with Crippen LogP contribution in [0.5, 0.6) is 0 Å². The molecule has 6 atom stereocenters. The highest BCUT2D eigenvalue weighted by atomic mass is 16.7. The van der Waals surface area contributed by atoms with E-state index in [4.69, 9.17) is 23.7 Å². The maximum absolute atomic E-state index is 13.2. The molecule has 0 amide bonds. The first-order valence-electron chi connectivity index (χ1n) is 32.8. The smallest absolute Gasteiger partial charge is 0.335 e. The van der Waals surface area contributed by atoms with Crippen LogP contribution in [0, 0.1) is 0 Å². The molecule has 0 aromatic heterocycles. The number of carboxylic acid groups (broad SMARTS) is 1. The Morgan fingerprint density at radius 1 is 0.400 bits per heavy atom. The quantitative estimate of drug-likeness (QED) is 0.0228. The van der Waals surface area contributed by atoms with Crippen molar-refractivity contribution in [3.63, 3.8) is 0 Å². The van der Waals surface area contributed by atoms with E-state index in [0.29, 0.717) is 25.7 Å². The van der Waals surface area contributed by atoms with Crippen LogP contribution in [0.2, 0.25) is 0 Å². The molecule has 0 radical (unpaired) electrons. The van der Waals surface area contributed by atoms with Gasteiger partial charge in [-0.05, 0) is 96.3 Å². The molecule has 0 spiro atoms. The van der Waals surface area contributed by atoms with Crippen LogP contribution in [0.15, 0.2) is 146 Å². The summed E-state index contributed by atoms with van der Waals surface area (Å²) in [4.78, 5) is 51.3. The van der Waals surface area contributed by atoms with Gasteiger partial charge in [0.2, 0.25) is 0 Å². The molecule has 1 fully saturated rings. The number of ether oxygens (including phenoxy) is 5. The van der Waals surface area contributed by atoms with Crippen LogP contribution in [0.25, 0.3) is 0 Å². The number of carboxylic acids is 1. The second-order valence-corrected chi connectivity index (χ2v) is 21.6. The second kappa shape index (κ2) is 59.0. The summed E-state index contributed by atoms with van der Waals surface area (Å²) in [6.07, 6.45) is 72.6. The molecule has 3 N–H and O–H groups in total. The molecular formula is C73H114O12. The Morgan fingerprint density at radius 3 is 1.11 bits per heavy atom. The predicted molar refractivity (Wildman–Crippen MR) is 349 cm³/mol. The van der Waals surface area contributed by atoms with Crippen LogP contribution in [0.3, 0.4) is 0 Å². The summed E-state index contributed by atoms with van der Waals surface area (Å²) >= 11 is 0. The van der Waals surface area contributed by atoms with E-state index in [1.165, 1.54) is 83.5 Å². The van der Waals surface area contributed by atoms with Crippen LogP contribution in [0.1, 0.15) is 239 Å². The molecule has 85 heavy (non-hydrogen) atoms. The highest BCUT2D eigenvalue weighted by molar-refractivity contribution is 5.74. The van der Waals surface area contributed by atoms with Gasteiger partial charge in [0, 0.05) is 19.3 Å². The molecule has 1 heterocycles. The van der Waals surface area contributed by atoms with Gasteiger partial charge < -0.3 is 39.0 Å². The first kappa shape index (κ1) is 77.6. The van der Waals surface area contributed by atoms with Crippen molar-refractivity contribution in [2.24, 2.45) is 0 Å². The lowest BCUT2D eigenvalue weighted by atomic mass is 9.98. The fraction of sp³-hybridized carbons (Fsp3) is 0.616. The molecular weight excluding hydrogens is 1070 g/mol. The fourth-order valence-electron chi connectivity index (χ4n) is 9.01. The Labute approximate surface area is 514 Å². The number of unbranched alkanes of at least 4 members (excludes halogenated alkanes) is 16. The Balaban J connectivity index is 2.76. The maximum Gasteiger partial charge on any atom is 0.335 e. The molecule has 0 saturated carbocycles. The highest BCUT2D eigenvalue weighted by Crippen LogP contribution is 2.26. The Morgan fingerprint density at radius 2 is 0.741 bits per heavy atom. The van der Waals surface area contributed by atoms with Crippen molar-refractivity contribution in [1.82, 2.24) is 0 Å². The number of carbonyl (C=O) groups is 4. The summed E-state index contributed by atoms with van der Waals surface area (Å²) in [6, 6.07) is 0. The van der Waals surface area contributed by atoms with Crippen molar-refractivity contribution in [2.75, 3.05) is 13.2 Å². The van der Waals surface area contributed by atoms with Crippen LogP contribution in [-0.4, -0.2) is 89.2 Å². The minimum absolute atomic E-state index is 0.0786. The second-order valence-electron chi connectivity index (χ2n) is 21.6. The number of aliphatic hydroxyl groups excluding tert-OH is 2. The Bertz CT molecular complexity index is 2030. The van der Waals surface area contributed by atoms with E-state index in [1.54, 1.807) is 0 Å². The average Bonchev–Trinajstić information content (AvgIpc) is 3.51. The lowest BCUT2D eigenvalue weighted by molar-refractivity contribution is -0.301. The van der Waals surface area contributed by atoms with Crippen LogP contribution in [-0.2, 0) is 42.9 Å². The Kier molecular flexibility index (Phi) is 53.8. The molecule has 1 rings (SSSR count). The normalized spacial score (nSPS) is 18.4. The van der Waals surface area contributed by atoms with E-state index in [1.807, 2.05) is 30.4 Å². The molecule has 1 saturated heterocycles. The molecule has 478 valence electrons. The minimum Gasteiger partial charge on any atom is -0.479 e. The topological polar surface area (TPSA) is 175 Å². The largest absolute Gasteiger partial charge is 0.479 e. The number of carbonyl (C=O) groups excluding carboxylic acids is 3. The predicted octanol–water partition coefficient (Wildman–Crippen LogP) is 17.9. The van der Waals surface area contributed by atoms with Crippen molar-refractivity contribution in [3.05, 3.63) is 146 Å². The molecule has 0 aromatic carbocycles. The van der Waals surface area contributed by atoms with Crippen LogP contribution in [0.4, 0.5) is 0 Å². The van der Waals surface area contributed by atoms with E-state index in [-0.39, 0.29) is 25.9 Å². The van der Waals surface area contributed by atoms with Gasteiger partial charge in [0.15, 0.2) is 24.6 Å². The number of hydrogen-bond donors (Lipinski definition) is 3. The van der Waals surface area contributed by atoms with Gasteiger partial charge in [-0.25, -0.2) is 4.79 Å². The summed E-state index contributed by atoms with van der Waals surface area (Å²) < 4.78 is 28.4.